The Balaban J connectivity index is 0.000000203. The van der Waals surface area contributed by atoms with E-state index in [1.54, 1.807) is 27.8 Å². The van der Waals surface area contributed by atoms with Gasteiger partial charge in [-0.25, -0.2) is 0 Å². The molecule has 0 heterocycles. The number of hydrogen-bond acceptors (Lipinski definition) is 0. The molecule has 75 heavy (non-hydrogen) atoms. The van der Waals surface area contributed by atoms with E-state index >= 15 is 0 Å². The van der Waals surface area contributed by atoms with E-state index in [2.05, 4.69) is 261 Å². The molecule has 412 valence electrons. The molecule has 4 unspecified atom stereocenters. The van der Waals surface area contributed by atoms with Crippen LogP contribution in [0.1, 0.15) is 249 Å². The lowest BCUT2D eigenvalue weighted by Gasteiger charge is -2.43. The van der Waals surface area contributed by atoms with Crippen LogP contribution in [-0.2, 0) is 25.7 Å². The molecule has 3 aliphatic rings. The third-order valence-corrected chi connectivity index (χ3v) is 16.5. The van der Waals surface area contributed by atoms with Crippen LogP contribution < -0.4 is 0 Å². The minimum absolute atomic E-state index is 0.592. The molecule has 5 aromatic carbocycles. The van der Waals surface area contributed by atoms with E-state index < -0.39 is 0 Å². The van der Waals surface area contributed by atoms with Crippen LogP contribution in [0, 0.1) is 60.2 Å². The summed E-state index contributed by atoms with van der Waals surface area (Å²) in [6.45, 7) is 48.5. The largest absolute Gasteiger partial charge is 0.0808 e. The molecule has 0 bridgehead atoms. The Morgan fingerprint density at radius 2 is 1.00 bits per heavy atom. The van der Waals surface area contributed by atoms with Crippen molar-refractivity contribution < 1.29 is 0 Å². The highest BCUT2D eigenvalue weighted by Crippen LogP contribution is 2.47. The Hall–Kier alpha value is -4.16. The summed E-state index contributed by atoms with van der Waals surface area (Å²) in [6.07, 6.45) is 17.7. The molecule has 0 nitrogen and oxygen atoms in total. The molecule has 5 aromatic rings. The zero-order chi connectivity index (χ0) is 55.7. The lowest BCUT2D eigenvalue weighted by molar-refractivity contribution is 0.158. The van der Waals surface area contributed by atoms with Crippen LogP contribution in [0.2, 0.25) is 0 Å². The van der Waals surface area contributed by atoms with Gasteiger partial charge in [-0.1, -0.05) is 266 Å². The standard InChI is InChI=1S/C17H22.C16H26.C15H22.C14H22.C13H20/c1-12(2)11-15-10-9-14-7-5-6-8-16(14)17(15)13(3)4;1-11(2)14-9-5-7-13-8-6-10-15(12(3)4)16(13)14;1-10(2)13-7-5-6-12-8-9-14(11(3)4)15(12)13;1-10(2)9-13-8-6-7-12(5)14(13)11(3)4;1-10(2)9-12-7-5-6-8-13(12)11(3)4/h5-10,12-13H,11H2,1-4H3;5,7,9,11-13,15-16H,6,8,10H2,1-4H3;5-7,10-11,14H,8-9H2,1-4H3;6-8,10-11H,9H2,1-5H3;5-8,10-11H,9H2,1-4H3. The van der Waals surface area contributed by atoms with Crippen LogP contribution in [0.5, 0.6) is 0 Å². The number of allylic oxidation sites excluding steroid dienone is 4. The highest BCUT2D eigenvalue weighted by atomic mass is 14.4. The first-order valence-corrected chi connectivity index (χ1v) is 30.6. The second-order valence-electron chi connectivity index (χ2n) is 26.7. The normalized spacial score (nSPS) is 18.0. The van der Waals surface area contributed by atoms with Crippen LogP contribution in [0.25, 0.3) is 10.8 Å². The predicted molar refractivity (Wildman–Crippen MR) is 337 cm³/mol. The lowest BCUT2D eigenvalue weighted by Crippen LogP contribution is -2.34. The first-order valence-electron chi connectivity index (χ1n) is 30.6. The van der Waals surface area contributed by atoms with Gasteiger partial charge in [0.2, 0.25) is 0 Å². The highest BCUT2D eigenvalue weighted by molar-refractivity contribution is 5.87. The molecule has 8 rings (SSSR count). The highest BCUT2D eigenvalue weighted by Gasteiger charge is 2.37. The van der Waals surface area contributed by atoms with Crippen molar-refractivity contribution in [1.29, 1.82) is 0 Å². The molecule has 0 aromatic heterocycles. The zero-order valence-corrected chi connectivity index (χ0v) is 52.2. The van der Waals surface area contributed by atoms with Gasteiger partial charge in [-0.15, -0.1) is 0 Å². The molecule has 0 spiro atoms. The molecule has 0 N–H and O–H groups in total. The predicted octanol–water partition coefficient (Wildman–Crippen LogP) is 22.8. The number of fused-ring (bicyclic) bond motifs is 3. The Morgan fingerprint density at radius 1 is 0.453 bits per heavy atom. The minimum atomic E-state index is 0.592. The van der Waals surface area contributed by atoms with Crippen molar-refractivity contribution in [3.63, 3.8) is 0 Å². The Kier molecular flexibility index (Phi) is 25.9. The fraction of sp³-hybridized carbons (Fsp3) is 0.573. The Bertz CT molecular complexity index is 2510. The maximum atomic E-state index is 2.46. The summed E-state index contributed by atoms with van der Waals surface area (Å²) in [7, 11) is 0. The third-order valence-electron chi connectivity index (χ3n) is 16.5. The van der Waals surface area contributed by atoms with Crippen molar-refractivity contribution in [1.82, 2.24) is 0 Å². The summed E-state index contributed by atoms with van der Waals surface area (Å²) in [5.41, 5.74) is 17.2. The van der Waals surface area contributed by atoms with Crippen molar-refractivity contribution in [2.24, 2.45) is 53.3 Å². The van der Waals surface area contributed by atoms with Crippen LogP contribution in [0.15, 0.2) is 121 Å². The first kappa shape index (κ1) is 63.4. The summed E-state index contributed by atoms with van der Waals surface area (Å²) >= 11 is 0. The van der Waals surface area contributed by atoms with Crippen molar-refractivity contribution in [2.75, 3.05) is 0 Å². The van der Waals surface area contributed by atoms with E-state index in [1.165, 1.54) is 95.5 Å². The van der Waals surface area contributed by atoms with E-state index in [1.807, 2.05) is 0 Å². The van der Waals surface area contributed by atoms with Gasteiger partial charge in [-0.3, -0.25) is 0 Å². The smallest absolute Gasteiger partial charge is 0.0104 e. The maximum absolute atomic E-state index is 2.46. The van der Waals surface area contributed by atoms with Crippen LogP contribution >= 0.6 is 0 Å². The van der Waals surface area contributed by atoms with Gasteiger partial charge in [0.1, 0.15) is 0 Å². The maximum Gasteiger partial charge on any atom is -0.0104 e. The van der Waals surface area contributed by atoms with Crippen LogP contribution in [0.3, 0.4) is 0 Å². The van der Waals surface area contributed by atoms with Crippen molar-refractivity contribution in [3.05, 3.63) is 176 Å². The van der Waals surface area contributed by atoms with E-state index in [4.69, 9.17) is 0 Å². The van der Waals surface area contributed by atoms with Gasteiger partial charge < -0.3 is 0 Å². The summed E-state index contributed by atoms with van der Waals surface area (Å²) < 4.78 is 0. The number of hydrogen-bond donors (Lipinski definition) is 0. The SMILES string of the molecule is CC(C)C1=CC=CC2CCCC(C(C)C)C12.CC(C)Cc1ccc2ccccc2c1C(C)C.CC(C)Cc1ccccc1C(C)C.CC(C)c1cccc2c1C(C(C)C)CC2.Cc1cccc(CC(C)C)c1C(C)C. The lowest BCUT2D eigenvalue weighted by atomic mass is 9.62. The molecular formula is C75H112. The monoisotopic (exact) mass is 1010 g/mol. The molecule has 3 aliphatic carbocycles. The van der Waals surface area contributed by atoms with Crippen LogP contribution in [0.4, 0.5) is 0 Å². The molecule has 0 aliphatic heterocycles. The van der Waals surface area contributed by atoms with Crippen molar-refractivity contribution in [3.8, 4) is 0 Å². The fourth-order valence-electron chi connectivity index (χ4n) is 13.2. The summed E-state index contributed by atoms with van der Waals surface area (Å²) in [5.74, 6) is 10.5. The second kappa shape index (κ2) is 30.7. The number of rotatable bonds is 13. The summed E-state index contributed by atoms with van der Waals surface area (Å²) in [5, 5.41) is 2.80. The van der Waals surface area contributed by atoms with Gasteiger partial charge in [0.15, 0.2) is 0 Å². The minimum Gasteiger partial charge on any atom is -0.0808 e. The van der Waals surface area contributed by atoms with E-state index in [0.717, 1.165) is 53.3 Å². The number of benzene rings is 5. The van der Waals surface area contributed by atoms with E-state index in [9.17, 15) is 0 Å². The fourth-order valence-corrected chi connectivity index (χ4v) is 13.2. The van der Waals surface area contributed by atoms with Gasteiger partial charge in [-0.05, 0) is 201 Å². The topological polar surface area (TPSA) is 0 Å². The third kappa shape index (κ3) is 18.5. The second-order valence-corrected chi connectivity index (χ2v) is 26.7. The molecule has 1 fully saturated rings. The molecule has 1 saturated carbocycles. The molecular weight excluding hydrogens is 901 g/mol. The summed E-state index contributed by atoms with van der Waals surface area (Å²) in [6, 6.07) is 35.7. The Morgan fingerprint density at radius 3 is 1.57 bits per heavy atom. The van der Waals surface area contributed by atoms with Gasteiger partial charge in [0, 0.05) is 0 Å². The van der Waals surface area contributed by atoms with Crippen LogP contribution in [-0.4, -0.2) is 0 Å². The average molecular weight is 1010 g/mol. The van der Waals surface area contributed by atoms with Gasteiger partial charge >= 0.3 is 0 Å². The van der Waals surface area contributed by atoms with Gasteiger partial charge in [-0.2, -0.15) is 0 Å². The van der Waals surface area contributed by atoms with Crippen molar-refractivity contribution in [2.45, 2.75) is 226 Å². The quantitative estimate of drug-likeness (QED) is 0.110. The molecule has 4 atom stereocenters. The Labute approximate surface area is 464 Å². The summed E-state index contributed by atoms with van der Waals surface area (Å²) in [4.78, 5) is 0. The molecule has 0 radical (unpaired) electrons. The first-order chi connectivity index (χ1) is 35.4. The van der Waals surface area contributed by atoms with Gasteiger partial charge in [0.25, 0.3) is 0 Å². The molecule has 0 saturated heterocycles. The molecule has 0 amide bonds. The van der Waals surface area contributed by atoms with Gasteiger partial charge in [0.05, 0.1) is 0 Å². The molecule has 0 heteroatoms. The van der Waals surface area contributed by atoms with E-state index in [-0.39, 0.29) is 0 Å². The van der Waals surface area contributed by atoms with Crippen molar-refractivity contribution >= 4 is 10.8 Å². The average Bonchev–Trinajstić information content (AvgIpc) is 3.79. The zero-order valence-electron chi connectivity index (χ0n) is 52.2. The number of aryl methyl sites for hydroxylation is 2. The van der Waals surface area contributed by atoms with E-state index in [0.29, 0.717) is 29.6 Å².